The number of benzene rings is 1. The molecule has 5 rings (SSSR count). The van der Waals surface area contributed by atoms with E-state index in [1.807, 2.05) is 6.08 Å². The summed E-state index contributed by atoms with van der Waals surface area (Å²) in [4.78, 5) is 27.5. The Morgan fingerprint density at radius 1 is 1.46 bits per heavy atom. The molecule has 1 amide bonds. The van der Waals surface area contributed by atoms with Gasteiger partial charge in [-0.05, 0) is 44.5 Å². The molecule has 28 heavy (non-hydrogen) atoms. The summed E-state index contributed by atoms with van der Waals surface area (Å²) in [6.45, 7) is 2.94. The number of likely N-dealkylation sites (N-methyl/N-ethyl adjacent to an activating group) is 1. The molecular formula is C22H26N2O4. The molecule has 6 nitrogen and oxygen atoms in total. The third-order valence-electron chi connectivity index (χ3n) is 7.16. The second-order valence-electron chi connectivity index (χ2n) is 8.61. The van der Waals surface area contributed by atoms with Gasteiger partial charge in [-0.1, -0.05) is 19.4 Å². The van der Waals surface area contributed by atoms with Crippen molar-refractivity contribution in [2.75, 3.05) is 18.9 Å². The number of amides is 1. The van der Waals surface area contributed by atoms with Crippen LogP contribution >= 0.6 is 0 Å². The van der Waals surface area contributed by atoms with E-state index in [4.69, 9.17) is 4.74 Å². The number of carbonyl (C=O) groups is 2. The maximum Gasteiger partial charge on any atom is 0.224 e. The molecule has 0 unspecified atom stereocenters. The fourth-order valence-corrected chi connectivity index (χ4v) is 5.83. The number of phenols is 1. The zero-order valence-corrected chi connectivity index (χ0v) is 16.3. The zero-order valence-electron chi connectivity index (χ0n) is 16.3. The highest BCUT2D eigenvalue weighted by Crippen LogP contribution is 2.63. The Morgan fingerprint density at radius 3 is 3.07 bits per heavy atom. The SMILES string of the molecule is CCCCC(=O)Nc1cc(O)c2c3c1C[C@@H]1[C@@H]4C=CC(=O)[C@H](O2)[C@]34CCN1C. The van der Waals surface area contributed by atoms with E-state index in [1.165, 1.54) is 0 Å². The highest BCUT2D eigenvalue weighted by molar-refractivity contribution is 5.99. The third kappa shape index (κ3) is 2.18. The molecule has 148 valence electrons. The fraction of sp³-hybridized carbons (Fsp3) is 0.545. The molecule has 1 saturated heterocycles. The Hall–Kier alpha value is -2.34. The van der Waals surface area contributed by atoms with Gasteiger partial charge >= 0.3 is 0 Å². The molecule has 2 bridgehead atoms. The number of aromatic hydroxyl groups is 1. The number of nitrogens with zero attached hydrogens (tertiary/aromatic N) is 1. The molecule has 2 heterocycles. The van der Waals surface area contributed by atoms with E-state index in [0.717, 1.165) is 43.4 Å². The lowest BCUT2D eigenvalue weighted by Gasteiger charge is -2.55. The molecule has 1 aromatic carbocycles. The smallest absolute Gasteiger partial charge is 0.224 e. The van der Waals surface area contributed by atoms with E-state index < -0.39 is 11.5 Å². The Balaban J connectivity index is 1.67. The minimum atomic E-state index is -0.579. The molecule has 2 aliphatic carbocycles. The van der Waals surface area contributed by atoms with Crippen LogP contribution in [0.2, 0.25) is 0 Å². The maximum absolute atomic E-state index is 12.7. The number of nitrogens with one attached hydrogen (secondary N) is 1. The number of carbonyl (C=O) groups excluding carboxylic acids is 2. The van der Waals surface area contributed by atoms with E-state index in [1.54, 1.807) is 12.1 Å². The lowest BCUT2D eigenvalue weighted by molar-refractivity contribution is -0.127. The minimum absolute atomic E-state index is 0.0113. The lowest BCUT2D eigenvalue weighted by Crippen LogP contribution is -2.64. The van der Waals surface area contributed by atoms with Crippen LogP contribution in [0.15, 0.2) is 18.2 Å². The van der Waals surface area contributed by atoms with E-state index in [9.17, 15) is 14.7 Å². The van der Waals surface area contributed by atoms with Crippen LogP contribution in [0, 0.1) is 5.92 Å². The average molecular weight is 382 g/mol. The minimum Gasteiger partial charge on any atom is -0.504 e. The summed E-state index contributed by atoms with van der Waals surface area (Å²) < 4.78 is 6.10. The Kier molecular flexibility index (Phi) is 3.85. The van der Waals surface area contributed by atoms with E-state index in [-0.39, 0.29) is 29.4 Å². The number of piperidine rings is 1. The van der Waals surface area contributed by atoms with Crippen molar-refractivity contribution < 1.29 is 19.4 Å². The van der Waals surface area contributed by atoms with Crippen molar-refractivity contribution in [3.63, 3.8) is 0 Å². The molecule has 0 aromatic heterocycles. The third-order valence-corrected chi connectivity index (χ3v) is 7.16. The molecule has 4 aliphatic rings. The van der Waals surface area contributed by atoms with Crippen molar-refractivity contribution in [1.82, 2.24) is 4.90 Å². The standard InChI is InChI=1S/C22H26N2O4/c1-3-4-5-18(27)23-14-11-17(26)20-19-12(14)10-15-13-6-7-16(25)21(28-20)22(13,19)8-9-24(15)2/h6-7,11,13,15,21,26H,3-5,8-10H2,1-2H3,(H,23,27)/t13-,15+,21-,22-/m0/s1. The van der Waals surface area contributed by atoms with Crippen LogP contribution in [0.4, 0.5) is 5.69 Å². The summed E-state index contributed by atoms with van der Waals surface area (Å²) in [5.41, 5.74) is 2.21. The van der Waals surface area contributed by atoms with Crippen molar-refractivity contribution in [1.29, 1.82) is 0 Å². The van der Waals surface area contributed by atoms with Gasteiger partial charge in [-0.15, -0.1) is 0 Å². The summed E-state index contributed by atoms with van der Waals surface area (Å²) >= 11 is 0. The largest absolute Gasteiger partial charge is 0.504 e. The molecule has 2 N–H and O–H groups in total. The molecule has 0 radical (unpaired) electrons. The second kappa shape index (κ2) is 6.08. The topological polar surface area (TPSA) is 78.9 Å². The number of ether oxygens (including phenoxy) is 1. The van der Waals surface area contributed by atoms with E-state index in [0.29, 0.717) is 17.9 Å². The first-order chi connectivity index (χ1) is 13.5. The predicted octanol–water partition coefficient (Wildman–Crippen LogP) is 2.54. The van der Waals surface area contributed by atoms with Crippen molar-refractivity contribution >= 4 is 17.4 Å². The van der Waals surface area contributed by atoms with Gasteiger partial charge in [0.2, 0.25) is 5.91 Å². The number of unbranched alkanes of at least 4 members (excludes halogenated alkanes) is 1. The van der Waals surface area contributed by atoms with Gasteiger partial charge < -0.3 is 20.1 Å². The number of phenolic OH excluding ortho intramolecular Hbond substituents is 1. The van der Waals surface area contributed by atoms with Crippen molar-refractivity contribution in [2.24, 2.45) is 5.92 Å². The number of anilines is 1. The Morgan fingerprint density at radius 2 is 2.29 bits per heavy atom. The number of hydrogen-bond donors (Lipinski definition) is 2. The second-order valence-corrected chi connectivity index (χ2v) is 8.61. The van der Waals surface area contributed by atoms with Crippen LogP contribution in [0.1, 0.15) is 43.7 Å². The molecule has 1 aromatic rings. The number of likely N-dealkylation sites (tertiary alicyclic amines) is 1. The van der Waals surface area contributed by atoms with Gasteiger partial charge in [0.25, 0.3) is 0 Å². The molecule has 6 heteroatoms. The molecule has 1 spiro atoms. The number of rotatable bonds is 4. The van der Waals surface area contributed by atoms with E-state index >= 15 is 0 Å². The monoisotopic (exact) mass is 382 g/mol. The summed E-state index contributed by atoms with van der Waals surface area (Å²) in [6, 6.07) is 1.85. The summed E-state index contributed by atoms with van der Waals surface area (Å²) in [6.07, 6.45) is 6.94. The first-order valence-electron chi connectivity index (χ1n) is 10.3. The lowest BCUT2D eigenvalue weighted by atomic mass is 9.53. The maximum atomic E-state index is 12.7. The average Bonchev–Trinajstić information content (AvgIpc) is 3.02. The normalized spacial score (nSPS) is 32.1. The fourth-order valence-electron chi connectivity index (χ4n) is 5.83. The highest BCUT2D eigenvalue weighted by Gasteiger charge is 2.64. The van der Waals surface area contributed by atoms with Crippen molar-refractivity contribution in [3.05, 3.63) is 29.3 Å². The summed E-state index contributed by atoms with van der Waals surface area (Å²) in [7, 11) is 2.12. The molecule has 4 atom stereocenters. The predicted molar refractivity (Wildman–Crippen MR) is 105 cm³/mol. The number of hydrogen-bond acceptors (Lipinski definition) is 5. The molecular weight excluding hydrogens is 356 g/mol. The van der Waals surface area contributed by atoms with Gasteiger partial charge in [-0.3, -0.25) is 9.59 Å². The van der Waals surface area contributed by atoms with Crippen molar-refractivity contribution in [2.45, 2.75) is 56.6 Å². The van der Waals surface area contributed by atoms with Gasteiger partial charge in [-0.2, -0.15) is 0 Å². The van der Waals surface area contributed by atoms with Gasteiger partial charge in [0.1, 0.15) is 0 Å². The van der Waals surface area contributed by atoms with E-state index in [2.05, 4.69) is 24.2 Å². The first-order valence-corrected chi connectivity index (χ1v) is 10.3. The van der Waals surface area contributed by atoms with Crippen LogP contribution < -0.4 is 10.1 Å². The van der Waals surface area contributed by atoms with Crippen LogP contribution in [0.5, 0.6) is 11.5 Å². The summed E-state index contributed by atoms with van der Waals surface area (Å²) in [5, 5.41) is 13.7. The van der Waals surface area contributed by atoms with Gasteiger partial charge in [0, 0.05) is 35.7 Å². The molecule has 1 fully saturated rings. The van der Waals surface area contributed by atoms with Gasteiger partial charge in [-0.25, -0.2) is 0 Å². The zero-order chi connectivity index (χ0) is 19.6. The Bertz CT molecular complexity index is 908. The Labute approximate surface area is 164 Å². The van der Waals surface area contributed by atoms with Crippen LogP contribution in [0.3, 0.4) is 0 Å². The van der Waals surface area contributed by atoms with Crippen LogP contribution in [0.25, 0.3) is 0 Å². The highest BCUT2D eigenvalue weighted by atomic mass is 16.5. The molecule has 0 saturated carbocycles. The summed E-state index contributed by atoms with van der Waals surface area (Å²) in [5.74, 6) is 0.559. The quantitative estimate of drug-likeness (QED) is 0.837. The number of ketones is 1. The van der Waals surface area contributed by atoms with Gasteiger partial charge in [0.05, 0.1) is 5.41 Å². The molecule has 2 aliphatic heterocycles. The van der Waals surface area contributed by atoms with Crippen LogP contribution in [-0.2, 0) is 21.4 Å². The van der Waals surface area contributed by atoms with Crippen molar-refractivity contribution in [3.8, 4) is 11.5 Å². The first kappa shape index (κ1) is 17.7. The van der Waals surface area contributed by atoms with Crippen LogP contribution in [-0.4, -0.2) is 47.4 Å². The van der Waals surface area contributed by atoms with Gasteiger partial charge in [0.15, 0.2) is 23.4 Å².